The van der Waals surface area contributed by atoms with Gasteiger partial charge in [-0.15, -0.1) is 0 Å². The van der Waals surface area contributed by atoms with E-state index in [0.29, 0.717) is 5.78 Å². The minimum Gasteiger partial charge on any atom is -0.393 e. The maximum Gasteiger partial charge on any atom is 0.155 e. The normalized spacial score (nSPS) is 30.0. The van der Waals surface area contributed by atoms with Gasteiger partial charge >= 0.3 is 0 Å². The van der Waals surface area contributed by atoms with Crippen LogP contribution in [0.15, 0.2) is 23.3 Å². The molecule has 0 aromatic heterocycles. The van der Waals surface area contributed by atoms with Gasteiger partial charge < -0.3 is 10.2 Å². The van der Waals surface area contributed by atoms with Crippen molar-refractivity contribution in [3.05, 3.63) is 23.3 Å². The lowest BCUT2D eigenvalue weighted by molar-refractivity contribution is -0.115. The number of aliphatic hydroxyl groups is 2. The van der Waals surface area contributed by atoms with Crippen molar-refractivity contribution in [2.24, 2.45) is 5.92 Å². The Morgan fingerprint density at radius 1 is 0.917 bits per heavy atom. The lowest BCUT2D eigenvalue weighted by Gasteiger charge is -2.21. The monoisotopic (exact) mass is 336 g/mol. The SMILES string of the molecule is CC1=CC(=O)CCC1.CC1=CC(O)CCC1.CC1CCCC(O)C1. The molecule has 3 unspecified atom stereocenters. The Morgan fingerprint density at radius 3 is 2.00 bits per heavy atom. The molecule has 1 saturated carbocycles. The van der Waals surface area contributed by atoms with Crippen molar-refractivity contribution in [2.45, 2.75) is 97.2 Å². The summed E-state index contributed by atoms with van der Waals surface area (Å²) in [5.74, 6) is 1.06. The van der Waals surface area contributed by atoms with E-state index in [1.165, 1.54) is 30.4 Å². The van der Waals surface area contributed by atoms with Gasteiger partial charge in [-0.3, -0.25) is 4.79 Å². The maximum absolute atomic E-state index is 10.6. The first-order valence-corrected chi connectivity index (χ1v) is 9.60. The largest absolute Gasteiger partial charge is 0.393 e. The van der Waals surface area contributed by atoms with Crippen molar-refractivity contribution in [3.63, 3.8) is 0 Å². The summed E-state index contributed by atoms with van der Waals surface area (Å²) in [6.07, 6.45) is 14.4. The van der Waals surface area contributed by atoms with E-state index < -0.39 is 0 Å². The molecule has 24 heavy (non-hydrogen) atoms. The number of ketones is 1. The first-order chi connectivity index (χ1) is 11.4. The molecule has 3 aliphatic rings. The minimum absolute atomic E-state index is 0.0127. The highest BCUT2D eigenvalue weighted by Crippen LogP contribution is 2.22. The fourth-order valence-corrected chi connectivity index (χ4v) is 3.45. The first kappa shape index (κ1) is 21.1. The molecule has 3 rings (SSSR count). The molecule has 0 spiro atoms. The van der Waals surface area contributed by atoms with Crippen LogP contribution in [-0.2, 0) is 4.79 Å². The van der Waals surface area contributed by atoms with Crippen LogP contribution < -0.4 is 0 Å². The van der Waals surface area contributed by atoms with Gasteiger partial charge in [-0.25, -0.2) is 0 Å². The molecule has 0 aromatic carbocycles. The van der Waals surface area contributed by atoms with Crippen LogP contribution >= 0.6 is 0 Å². The van der Waals surface area contributed by atoms with Crippen molar-refractivity contribution in [1.29, 1.82) is 0 Å². The van der Waals surface area contributed by atoms with Crippen molar-refractivity contribution in [3.8, 4) is 0 Å². The smallest absolute Gasteiger partial charge is 0.155 e. The Morgan fingerprint density at radius 2 is 1.62 bits per heavy atom. The molecule has 3 heteroatoms. The van der Waals surface area contributed by atoms with Crippen molar-refractivity contribution < 1.29 is 15.0 Å². The average molecular weight is 337 g/mol. The Kier molecular flexibility index (Phi) is 10.2. The van der Waals surface area contributed by atoms with Crippen LogP contribution in [0.3, 0.4) is 0 Å². The predicted molar refractivity (Wildman–Crippen MR) is 99.9 cm³/mol. The second-order valence-electron chi connectivity index (χ2n) is 7.71. The molecule has 0 aromatic rings. The summed E-state index contributed by atoms with van der Waals surface area (Å²) in [5.41, 5.74) is 2.57. The molecule has 3 atom stereocenters. The lowest BCUT2D eigenvalue weighted by atomic mass is 9.89. The summed E-state index contributed by atoms with van der Waals surface area (Å²) < 4.78 is 0. The van der Waals surface area contributed by atoms with Crippen LogP contribution in [0.25, 0.3) is 0 Å². The molecule has 2 N–H and O–H groups in total. The van der Waals surface area contributed by atoms with Gasteiger partial charge in [0.1, 0.15) is 0 Å². The van der Waals surface area contributed by atoms with E-state index in [-0.39, 0.29) is 12.2 Å². The fraction of sp³-hybridized carbons (Fsp3) is 0.762. The molecule has 138 valence electrons. The number of hydrogen-bond acceptors (Lipinski definition) is 3. The highest BCUT2D eigenvalue weighted by Gasteiger charge is 2.15. The number of hydrogen-bond donors (Lipinski definition) is 2. The number of allylic oxidation sites excluding steroid dienone is 3. The van der Waals surface area contributed by atoms with Gasteiger partial charge in [-0.2, -0.15) is 0 Å². The molecule has 0 bridgehead atoms. The summed E-state index contributed by atoms with van der Waals surface area (Å²) in [4.78, 5) is 10.6. The summed E-state index contributed by atoms with van der Waals surface area (Å²) >= 11 is 0. The Balaban J connectivity index is 0.000000180. The van der Waals surface area contributed by atoms with E-state index in [4.69, 9.17) is 10.2 Å². The van der Waals surface area contributed by atoms with Crippen molar-refractivity contribution in [2.75, 3.05) is 0 Å². The summed E-state index contributed by atoms with van der Waals surface area (Å²) in [5, 5.41) is 18.1. The van der Waals surface area contributed by atoms with Crippen molar-refractivity contribution in [1.82, 2.24) is 0 Å². The Labute approximate surface area is 147 Å². The second-order valence-corrected chi connectivity index (χ2v) is 7.71. The van der Waals surface area contributed by atoms with E-state index in [1.807, 2.05) is 13.0 Å². The lowest BCUT2D eigenvalue weighted by Crippen LogP contribution is -2.16. The molecular weight excluding hydrogens is 300 g/mol. The minimum atomic E-state index is -0.149. The third-order valence-corrected chi connectivity index (χ3v) is 4.86. The molecule has 0 heterocycles. The van der Waals surface area contributed by atoms with E-state index in [0.717, 1.165) is 50.9 Å². The number of rotatable bonds is 0. The molecule has 0 aliphatic heterocycles. The van der Waals surface area contributed by atoms with E-state index in [1.54, 1.807) is 6.08 Å². The number of carbonyl (C=O) groups is 1. The molecule has 0 saturated heterocycles. The number of carbonyl (C=O) groups excluding carboxylic acids is 1. The molecule has 0 amide bonds. The summed E-state index contributed by atoms with van der Waals surface area (Å²) in [6.45, 7) is 6.29. The number of aliphatic hydroxyl groups excluding tert-OH is 2. The highest BCUT2D eigenvalue weighted by atomic mass is 16.3. The van der Waals surface area contributed by atoms with Crippen molar-refractivity contribution >= 4 is 5.78 Å². The average Bonchev–Trinajstić information content (AvgIpc) is 2.47. The quantitative estimate of drug-likeness (QED) is 0.629. The van der Waals surface area contributed by atoms with Crippen LogP contribution in [-0.4, -0.2) is 28.2 Å². The van der Waals surface area contributed by atoms with Crippen LogP contribution in [0.5, 0.6) is 0 Å². The molecule has 0 radical (unpaired) electrons. The van der Waals surface area contributed by atoms with Gasteiger partial charge in [0.2, 0.25) is 0 Å². The molecular formula is C21H36O3. The van der Waals surface area contributed by atoms with E-state index >= 15 is 0 Å². The predicted octanol–water partition coefficient (Wildman–Crippen LogP) is 4.72. The first-order valence-electron chi connectivity index (χ1n) is 9.60. The van der Waals surface area contributed by atoms with Gasteiger partial charge in [-0.1, -0.05) is 37.0 Å². The fourth-order valence-electron chi connectivity index (χ4n) is 3.45. The zero-order chi connectivity index (χ0) is 17.9. The van der Waals surface area contributed by atoms with E-state index in [2.05, 4.69) is 13.8 Å². The third-order valence-electron chi connectivity index (χ3n) is 4.86. The summed E-state index contributed by atoms with van der Waals surface area (Å²) in [6, 6.07) is 0. The Bertz CT molecular complexity index is 428. The van der Waals surface area contributed by atoms with E-state index in [9.17, 15) is 4.79 Å². The van der Waals surface area contributed by atoms with Crippen LogP contribution in [0, 0.1) is 5.92 Å². The van der Waals surface area contributed by atoms with Crippen LogP contribution in [0.1, 0.15) is 85.0 Å². The molecule has 3 aliphatic carbocycles. The molecule has 1 fully saturated rings. The zero-order valence-corrected chi connectivity index (χ0v) is 15.8. The van der Waals surface area contributed by atoms with Crippen LogP contribution in [0.4, 0.5) is 0 Å². The zero-order valence-electron chi connectivity index (χ0n) is 15.8. The van der Waals surface area contributed by atoms with Gasteiger partial charge in [0.15, 0.2) is 5.78 Å². The third kappa shape index (κ3) is 10.0. The van der Waals surface area contributed by atoms with Gasteiger partial charge in [0, 0.05) is 6.42 Å². The molecule has 3 nitrogen and oxygen atoms in total. The van der Waals surface area contributed by atoms with Crippen LogP contribution in [0.2, 0.25) is 0 Å². The topological polar surface area (TPSA) is 57.5 Å². The second kappa shape index (κ2) is 11.6. The van der Waals surface area contributed by atoms with Gasteiger partial charge in [-0.05, 0) is 70.8 Å². The summed E-state index contributed by atoms with van der Waals surface area (Å²) in [7, 11) is 0. The van der Waals surface area contributed by atoms with Gasteiger partial charge in [0.25, 0.3) is 0 Å². The Hall–Kier alpha value is -0.930. The highest BCUT2D eigenvalue weighted by molar-refractivity contribution is 5.90. The standard InChI is InChI=1S/C7H14O.C7H12O.C7H10O/c3*1-6-3-2-4-7(8)5-6/h6-8H,2-5H2,1H3;5,7-8H,2-4H2,1H3;5H,2-4H2,1H3. The van der Waals surface area contributed by atoms with Gasteiger partial charge in [0.05, 0.1) is 12.2 Å². The maximum atomic E-state index is 10.6.